The first kappa shape index (κ1) is 16.3. The number of nitro groups is 1. The standard InChI is InChI=1S/C10H12ClN3O5S/c11-9-7(3-1-4-8(9)14(16)17)10(15)13-5-2-6-20(12,18)19/h1,3-4H,2,5-6H2,(H,13,15)(H2,12,18,19). The third-order valence-corrected chi connectivity index (χ3v) is 3.57. The Morgan fingerprint density at radius 2 is 2.10 bits per heavy atom. The molecule has 0 heterocycles. The van der Waals surface area contributed by atoms with E-state index < -0.39 is 20.9 Å². The predicted molar refractivity (Wildman–Crippen MR) is 73.0 cm³/mol. The number of sulfonamides is 1. The number of carbonyl (C=O) groups excluding carboxylic acids is 1. The number of halogens is 1. The highest BCUT2D eigenvalue weighted by atomic mass is 35.5. The van der Waals surface area contributed by atoms with Gasteiger partial charge in [0.15, 0.2) is 0 Å². The van der Waals surface area contributed by atoms with Gasteiger partial charge >= 0.3 is 0 Å². The minimum absolute atomic E-state index is 0.0449. The molecule has 0 aliphatic carbocycles. The van der Waals surface area contributed by atoms with Crippen LogP contribution in [0.1, 0.15) is 16.8 Å². The number of amides is 1. The largest absolute Gasteiger partial charge is 0.352 e. The fourth-order valence-electron chi connectivity index (χ4n) is 1.41. The van der Waals surface area contributed by atoms with Crippen molar-refractivity contribution in [2.45, 2.75) is 6.42 Å². The van der Waals surface area contributed by atoms with Crippen molar-refractivity contribution in [3.63, 3.8) is 0 Å². The van der Waals surface area contributed by atoms with Crippen LogP contribution in [0.4, 0.5) is 5.69 Å². The molecule has 0 aliphatic rings. The minimum atomic E-state index is -3.58. The molecule has 0 spiro atoms. The first-order chi connectivity index (χ1) is 9.22. The number of nitrogens with zero attached hydrogens (tertiary/aromatic N) is 1. The Labute approximate surface area is 120 Å². The second kappa shape index (κ2) is 6.64. The van der Waals surface area contributed by atoms with Crippen LogP contribution in [0.3, 0.4) is 0 Å². The molecule has 0 aliphatic heterocycles. The van der Waals surface area contributed by atoms with E-state index in [-0.39, 0.29) is 35.0 Å². The normalized spacial score (nSPS) is 11.1. The number of hydrogen-bond acceptors (Lipinski definition) is 5. The highest BCUT2D eigenvalue weighted by Gasteiger charge is 2.19. The minimum Gasteiger partial charge on any atom is -0.352 e. The van der Waals surface area contributed by atoms with Crippen LogP contribution < -0.4 is 10.5 Å². The first-order valence-electron chi connectivity index (χ1n) is 5.44. The maximum Gasteiger partial charge on any atom is 0.288 e. The summed E-state index contributed by atoms with van der Waals surface area (Å²) in [6.45, 7) is 0.0638. The number of carbonyl (C=O) groups is 1. The van der Waals surface area contributed by atoms with E-state index in [1.165, 1.54) is 18.2 Å². The molecule has 0 unspecified atom stereocenters. The highest BCUT2D eigenvalue weighted by Crippen LogP contribution is 2.27. The molecule has 8 nitrogen and oxygen atoms in total. The van der Waals surface area contributed by atoms with Gasteiger partial charge in [-0.2, -0.15) is 0 Å². The van der Waals surface area contributed by atoms with Gasteiger partial charge in [-0.1, -0.05) is 17.7 Å². The molecule has 0 atom stereocenters. The number of benzene rings is 1. The molecule has 0 fully saturated rings. The van der Waals surface area contributed by atoms with Crippen molar-refractivity contribution in [1.82, 2.24) is 5.32 Å². The van der Waals surface area contributed by atoms with Gasteiger partial charge in [0.1, 0.15) is 5.02 Å². The van der Waals surface area contributed by atoms with Crippen molar-refractivity contribution in [3.8, 4) is 0 Å². The summed E-state index contributed by atoms with van der Waals surface area (Å²) in [4.78, 5) is 21.7. The lowest BCUT2D eigenvalue weighted by molar-refractivity contribution is -0.384. The third kappa shape index (κ3) is 4.76. The molecule has 0 saturated carbocycles. The molecule has 0 bridgehead atoms. The molecular formula is C10H12ClN3O5S. The number of nitrogens with two attached hydrogens (primary N) is 1. The highest BCUT2D eigenvalue weighted by molar-refractivity contribution is 7.89. The van der Waals surface area contributed by atoms with Crippen molar-refractivity contribution in [2.75, 3.05) is 12.3 Å². The lowest BCUT2D eigenvalue weighted by Crippen LogP contribution is -2.27. The second-order valence-corrected chi connectivity index (χ2v) is 5.98. The maximum absolute atomic E-state index is 11.8. The summed E-state index contributed by atoms with van der Waals surface area (Å²) in [5.41, 5.74) is -0.416. The van der Waals surface area contributed by atoms with Crippen LogP contribution in [0.15, 0.2) is 18.2 Å². The van der Waals surface area contributed by atoms with Gasteiger partial charge in [-0.05, 0) is 12.5 Å². The number of hydrogen-bond donors (Lipinski definition) is 2. The zero-order chi connectivity index (χ0) is 15.3. The molecule has 1 aromatic carbocycles. The van der Waals surface area contributed by atoms with Gasteiger partial charge in [0, 0.05) is 12.6 Å². The zero-order valence-corrected chi connectivity index (χ0v) is 11.8. The summed E-state index contributed by atoms with van der Waals surface area (Å²) >= 11 is 5.77. The molecule has 3 N–H and O–H groups in total. The van der Waals surface area contributed by atoms with Crippen LogP contribution in [-0.2, 0) is 10.0 Å². The van der Waals surface area contributed by atoms with Gasteiger partial charge in [-0.15, -0.1) is 0 Å². The van der Waals surface area contributed by atoms with Crippen LogP contribution in [-0.4, -0.2) is 31.5 Å². The van der Waals surface area contributed by atoms with Gasteiger partial charge in [-0.25, -0.2) is 13.6 Å². The predicted octanol–water partition coefficient (Wildman–Crippen LogP) is 0.657. The van der Waals surface area contributed by atoms with E-state index in [9.17, 15) is 23.3 Å². The van der Waals surface area contributed by atoms with E-state index in [1.807, 2.05) is 0 Å². The van der Waals surface area contributed by atoms with E-state index in [2.05, 4.69) is 5.32 Å². The molecule has 0 saturated heterocycles. The van der Waals surface area contributed by atoms with E-state index in [0.29, 0.717) is 0 Å². The van der Waals surface area contributed by atoms with E-state index in [1.54, 1.807) is 0 Å². The molecule has 1 aromatic rings. The Morgan fingerprint density at radius 3 is 2.65 bits per heavy atom. The van der Waals surface area contributed by atoms with E-state index >= 15 is 0 Å². The molecule has 0 aromatic heterocycles. The third-order valence-electron chi connectivity index (χ3n) is 2.31. The van der Waals surface area contributed by atoms with Gasteiger partial charge < -0.3 is 5.32 Å². The zero-order valence-electron chi connectivity index (χ0n) is 10.2. The van der Waals surface area contributed by atoms with Crippen LogP contribution >= 0.6 is 11.6 Å². The summed E-state index contributed by atoms with van der Waals surface area (Å²) in [5.74, 6) is -0.885. The Hall–Kier alpha value is -1.71. The van der Waals surface area contributed by atoms with Gasteiger partial charge in [0.2, 0.25) is 10.0 Å². The van der Waals surface area contributed by atoms with Gasteiger partial charge in [0.25, 0.3) is 11.6 Å². The number of rotatable bonds is 6. The van der Waals surface area contributed by atoms with Crippen LogP contribution in [0.25, 0.3) is 0 Å². The van der Waals surface area contributed by atoms with Crippen molar-refractivity contribution in [3.05, 3.63) is 38.9 Å². The molecule has 20 heavy (non-hydrogen) atoms. The van der Waals surface area contributed by atoms with Crippen LogP contribution in [0.2, 0.25) is 5.02 Å². The number of nitro benzene ring substituents is 1. The number of primary sulfonamides is 1. The molecule has 1 amide bonds. The van der Waals surface area contributed by atoms with Crippen molar-refractivity contribution < 1.29 is 18.1 Å². The van der Waals surface area contributed by atoms with Crippen molar-refractivity contribution in [2.24, 2.45) is 5.14 Å². The Morgan fingerprint density at radius 1 is 1.45 bits per heavy atom. The second-order valence-electron chi connectivity index (χ2n) is 3.87. The smallest absolute Gasteiger partial charge is 0.288 e. The van der Waals surface area contributed by atoms with Gasteiger partial charge in [0.05, 0.1) is 16.2 Å². The summed E-state index contributed by atoms with van der Waals surface area (Å²) in [6.07, 6.45) is 0.136. The topological polar surface area (TPSA) is 132 Å². The monoisotopic (exact) mass is 321 g/mol. The number of nitrogens with one attached hydrogen (secondary N) is 1. The average Bonchev–Trinajstić information content (AvgIpc) is 2.33. The summed E-state index contributed by atoms with van der Waals surface area (Å²) < 4.78 is 21.4. The Bertz CT molecular complexity index is 632. The SMILES string of the molecule is NS(=O)(=O)CCCNC(=O)c1cccc([N+](=O)[O-])c1Cl. The summed E-state index contributed by atoms with van der Waals surface area (Å²) in [5, 5.41) is 17.6. The van der Waals surface area contributed by atoms with Crippen LogP contribution in [0, 0.1) is 10.1 Å². The van der Waals surface area contributed by atoms with Gasteiger partial charge in [-0.3, -0.25) is 14.9 Å². The molecule has 10 heteroatoms. The van der Waals surface area contributed by atoms with Crippen molar-refractivity contribution in [1.29, 1.82) is 0 Å². The maximum atomic E-state index is 11.8. The fraction of sp³-hybridized carbons (Fsp3) is 0.300. The van der Waals surface area contributed by atoms with Crippen molar-refractivity contribution >= 4 is 33.2 Å². The fourth-order valence-corrected chi connectivity index (χ4v) is 2.23. The summed E-state index contributed by atoms with van der Waals surface area (Å²) in [6, 6.07) is 3.85. The molecule has 110 valence electrons. The quantitative estimate of drug-likeness (QED) is 0.451. The molecule has 0 radical (unpaired) electrons. The average molecular weight is 322 g/mol. The van der Waals surface area contributed by atoms with E-state index in [4.69, 9.17) is 16.7 Å². The van der Waals surface area contributed by atoms with E-state index in [0.717, 1.165) is 0 Å². The summed E-state index contributed by atoms with van der Waals surface area (Å²) in [7, 11) is -3.58. The molecular weight excluding hydrogens is 310 g/mol. The lowest BCUT2D eigenvalue weighted by atomic mass is 10.2. The Balaban J connectivity index is 2.69. The van der Waals surface area contributed by atoms with Crippen LogP contribution in [0.5, 0.6) is 0 Å². The Kier molecular flexibility index (Phi) is 5.43. The first-order valence-corrected chi connectivity index (χ1v) is 7.53. The lowest BCUT2D eigenvalue weighted by Gasteiger charge is -2.06. The molecule has 1 rings (SSSR count).